The fourth-order valence-corrected chi connectivity index (χ4v) is 9.46. The Balaban J connectivity index is 3.04. The lowest BCUT2D eigenvalue weighted by Gasteiger charge is -2.34. The largest absolute Gasteiger partial charge is 0.394 e. The molecule has 1 heterocycles. The summed E-state index contributed by atoms with van der Waals surface area (Å²) in [7, 11) is 0. The van der Waals surface area contributed by atoms with Crippen LogP contribution in [0.4, 0.5) is 0 Å². The van der Waals surface area contributed by atoms with Crippen molar-refractivity contribution in [3.05, 3.63) is 35.9 Å². The molecule has 0 aromatic heterocycles. The van der Waals surface area contributed by atoms with Crippen molar-refractivity contribution in [1.29, 1.82) is 0 Å². The second-order valence-corrected chi connectivity index (χ2v) is 25.7. The summed E-state index contributed by atoms with van der Waals surface area (Å²) in [5.74, 6) is -14.1. The highest BCUT2D eigenvalue weighted by Crippen LogP contribution is 2.30. The molecule has 0 aliphatic carbocycles. The van der Waals surface area contributed by atoms with Crippen LogP contribution < -0.4 is 70.4 Å². The van der Waals surface area contributed by atoms with Gasteiger partial charge in [-0.2, -0.15) is 0 Å². The number of benzene rings is 1. The Bertz CT molecular complexity index is 2530. The zero-order valence-corrected chi connectivity index (χ0v) is 52.8. The van der Waals surface area contributed by atoms with E-state index < -0.39 is 186 Å². The molecule has 0 bridgehead atoms. The number of nitrogens with zero attached hydrogens (tertiary/aromatic N) is 1. The van der Waals surface area contributed by atoms with E-state index in [1.165, 1.54) is 19.1 Å². The molecule has 1 aromatic carbocycles. The van der Waals surface area contributed by atoms with Crippen LogP contribution in [0.25, 0.3) is 0 Å². The Hall–Kier alpha value is -7.30. The van der Waals surface area contributed by atoms with Crippen molar-refractivity contribution in [2.24, 2.45) is 56.7 Å². The van der Waals surface area contributed by atoms with Crippen molar-refractivity contribution in [3.8, 4) is 0 Å². The van der Waals surface area contributed by atoms with Gasteiger partial charge in [0.2, 0.25) is 59.1 Å². The lowest BCUT2D eigenvalue weighted by molar-refractivity contribution is -0.139. The highest BCUT2D eigenvalue weighted by molar-refractivity contribution is 5.99. The average Bonchev–Trinajstić information content (AvgIpc) is 1.86. The first-order chi connectivity index (χ1) is 40.4. The van der Waals surface area contributed by atoms with Gasteiger partial charge in [0.05, 0.1) is 55.9 Å². The summed E-state index contributed by atoms with van der Waals surface area (Å²) in [4.78, 5) is 161. The van der Waals surface area contributed by atoms with Crippen molar-refractivity contribution < 1.29 is 68.1 Å². The van der Waals surface area contributed by atoms with Crippen LogP contribution in [0.5, 0.6) is 0 Å². The van der Waals surface area contributed by atoms with E-state index in [-0.39, 0.29) is 62.5 Å². The molecule has 0 saturated carbocycles. The zero-order chi connectivity index (χ0) is 66.3. The maximum Gasteiger partial charge on any atom is 0.245 e. The van der Waals surface area contributed by atoms with Gasteiger partial charge in [-0.25, -0.2) is 0 Å². The first-order valence-electron chi connectivity index (χ1n) is 29.7. The molecule has 1 aromatic rings. The number of guanidine groups is 1. The molecule has 2 unspecified atom stereocenters. The Morgan fingerprint density at radius 2 is 1.20 bits per heavy atom. The number of Topliss-reactive ketones (excluding diaryl/α,β-unsaturated/α-hetero) is 1. The molecule has 1 fully saturated rings. The molecule has 19 N–H and O–H groups in total. The second kappa shape index (κ2) is 35.5. The van der Waals surface area contributed by atoms with E-state index in [2.05, 4.69) is 58.2 Å². The van der Waals surface area contributed by atoms with Gasteiger partial charge in [-0.1, -0.05) is 120 Å². The number of rotatable bonds is 20. The van der Waals surface area contributed by atoms with E-state index >= 15 is 9.59 Å². The molecule has 28 heteroatoms. The van der Waals surface area contributed by atoms with Gasteiger partial charge in [0, 0.05) is 13.0 Å². The smallest absolute Gasteiger partial charge is 0.245 e. The van der Waals surface area contributed by atoms with E-state index in [4.69, 9.17) is 17.2 Å². The minimum atomic E-state index is -1.90. The second-order valence-electron chi connectivity index (χ2n) is 25.7. The number of carbonyl (C=O) groups excluding carboxylic acids is 11. The Morgan fingerprint density at radius 3 is 1.74 bits per heavy atom. The summed E-state index contributed by atoms with van der Waals surface area (Å²) in [5, 5.41) is 58.5. The first-order valence-corrected chi connectivity index (χ1v) is 29.7. The number of nitrogens with one attached hydrogen (secondary N) is 10. The Kier molecular flexibility index (Phi) is 30.9. The third-order valence-electron chi connectivity index (χ3n) is 14.4. The number of hydrogen-bond acceptors (Lipinski definition) is 16. The highest BCUT2D eigenvalue weighted by Gasteiger charge is 2.42. The summed E-state index contributed by atoms with van der Waals surface area (Å²) in [6, 6.07) is -5.84. The standard InChI is InChI=1S/C59H100N14O14/c1-14-32(6)44-55(86)71-45(33(7)75)54(85)65-27-42(77)64-28-43(78)66-40(29-74)53(84)72-46(34-19-16-15-17-20-34)35(24-41(76)39(26-59(11,12)13)69-50(81)36(60)25-58(8,9)10)49(80)73-47(48(79)31(4)5)56(87)68-38(23-30(2)3)52(83)67-37(51(82)70-44)21-18-22-63-57(61)62/h15-17,19-20,30-33,35-40,44-48,74-75,79H,14,18,21-29,60H2,1-13H3,(H,64,77)(H,65,85)(H,66,78)(H,67,83)(H,68,87)(H,69,81)(H,70,82)(H,71,86)(H,72,84)(H,73,80)(H4,61,62,63)/t32-,33-,35-,36+,37+,38?,39-,40?,44-,45-,46+,47-,48+/m0/s1. The van der Waals surface area contributed by atoms with Gasteiger partial charge in [-0.3, -0.25) is 57.7 Å². The van der Waals surface area contributed by atoms with Crippen molar-refractivity contribution >= 4 is 70.8 Å². The fraction of sp³-hybridized carbons (Fsp3) is 0.695. The van der Waals surface area contributed by atoms with Crippen LogP contribution in [0.1, 0.15) is 147 Å². The van der Waals surface area contributed by atoms with E-state index in [0.717, 1.165) is 0 Å². The van der Waals surface area contributed by atoms with Crippen molar-refractivity contribution in [3.63, 3.8) is 0 Å². The molecule has 1 aliphatic rings. The third kappa shape index (κ3) is 26.7. The van der Waals surface area contributed by atoms with E-state index in [1.807, 2.05) is 41.5 Å². The fourth-order valence-electron chi connectivity index (χ4n) is 9.46. The molecule has 2 rings (SSSR count). The van der Waals surface area contributed by atoms with Crippen LogP contribution >= 0.6 is 0 Å². The number of nitrogens with two attached hydrogens (primary N) is 3. The lowest BCUT2D eigenvalue weighted by atomic mass is 9.81. The van der Waals surface area contributed by atoms with E-state index in [0.29, 0.717) is 0 Å². The third-order valence-corrected chi connectivity index (χ3v) is 14.4. The highest BCUT2D eigenvalue weighted by atomic mass is 16.3. The number of aliphatic hydroxyl groups excluding tert-OH is 3. The van der Waals surface area contributed by atoms with Gasteiger partial charge in [-0.05, 0) is 73.2 Å². The Labute approximate surface area is 510 Å². The van der Waals surface area contributed by atoms with Gasteiger partial charge >= 0.3 is 0 Å². The number of aliphatic hydroxyl groups is 3. The molecule has 490 valence electrons. The van der Waals surface area contributed by atoms with E-state index in [1.54, 1.807) is 59.7 Å². The van der Waals surface area contributed by atoms with Gasteiger partial charge in [0.15, 0.2) is 11.7 Å². The summed E-state index contributed by atoms with van der Waals surface area (Å²) in [6.45, 7) is 19.6. The molecular formula is C59H100N14O14. The number of ketones is 1. The van der Waals surface area contributed by atoms with Gasteiger partial charge in [0.1, 0.15) is 36.3 Å². The summed E-state index contributed by atoms with van der Waals surface area (Å²) in [5.41, 5.74) is 16.7. The Morgan fingerprint density at radius 1 is 0.655 bits per heavy atom. The molecule has 0 radical (unpaired) electrons. The maximum atomic E-state index is 15.4. The lowest BCUT2D eigenvalue weighted by Crippen LogP contribution is -2.62. The minimum Gasteiger partial charge on any atom is -0.394 e. The quantitative estimate of drug-likeness (QED) is 0.0374. The summed E-state index contributed by atoms with van der Waals surface area (Å²) >= 11 is 0. The van der Waals surface area contributed by atoms with Crippen molar-refractivity contribution in [2.45, 2.75) is 202 Å². The molecule has 0 spiro atoms. The van der Waals surface area contributed by atoms with Crippen LogP contribution in [0, 0.1) is 34.5 Å². The average molecular weight is 1230 g/mol. The maximum absolute atomic E-state index is 15.4. The number of hydrogen-bond donors (Lipinski definition) is 16. The first kappa shape index (κ1) is 75.8. The van der Waals surface area contributed by atoms with Crippen LogP contribution in [0.15, 0.2) is 35.3 Å². The zero-order valence-electron chi connectivity index (χ0n) is 52.8. The van der Waals surface area contributed by atoms with Crippen LogP contribution in [-0.2, 0) is 52.7 Å². The molecule has 28 nitrogen and oxygen atoms in total. The predicted octanol–water partition coefficient (Wildman–Crippen LogP) is -2.21. The van der Waals surface area contributed by atoms with Crippen molar-refractivity contribution in [2.75, 3.05) is 26.2 Å². The molecule has 87 heavy (non-hydrogen) atoms. The number of carbonyl (C=O) groups is 11. The van der Waals surface area contributed by atoms with Gasteiger partial charge in [0.25, 0.3) is 0 Å². The monoisotopic (exact) mass is 1230 g/mol. The SMILES string of the molecule is CC[C@H](C)[C@@H]1NC(=O)[C@@H](CCCN=C(N)N)NC(=O)C(CC(C)C)NC(=O)[C@H]([C@H](O)C(C)C)NC(=O)[C@@H](CC(=O)[C@H](CC(C)(C)C)NC(=O)[C@H](N)CC(C)(C)C)[C@@H](c2ccccc2)NC(=O)C(CO)NC(=O)CNC(=O)CNC(=O)[C@H]([C@H](C)O)NC1=O. The van der Waals surface area contributed by atoms with Gasteiger partial charge < -0.3 is 85.7 Å². The topological polar surface area (TPSA) is 459 Å². The van der Waals surface area contributed by atoms with Crippen LogP contribution in [-0.4, -0.2) is 173 Å². The molecule has 10 amide bonds. The molecule has 13 atom stereocenters. The summed E-state index contributed by atoms with van der Waals surface area (Å²) < 4.78 is 0. The number of aliphatic imine (C=N–C) groups is 1. The predicted molar refractivity (Wildman–Crippen MR) is 325 cm³/mol. The van der Waals surface area contributed by atoms with E-state index in [9.17, 15) is 58.5 Å². The molecular weight excluding hydrogens is 1130 g/mol. The minimum absolute atomic E-state index is 0.00476. The van der Waals surface area contributed by atoms with Crippen molar-refractivity contribution in [1.82, 2.24) is 53.2 Å². The van der Waals surface area contributed by atoms with Crippen LogP contribution in [0.2, 0.25) is 0 Å². The molecule has 1 saturated heterocycles. The summed E-state index contributed by atoms with van der Waals surface area (Å²) in [6.07, 6.45) is -3.61. The number of amides is 10. The normalized spacial score (nSPS) is 24.3. The molecule has 1 aliphatic heterocycles. The van der Waals surface area contributed by atoms with Gasteiger partial charge in [-0.15, -0.1) is 0 Å². The van der Waals surface area contributed by atoms with Crippen LogP contribution in [0.3, 0.4) is 0 Å².